The third-order valence-corrected chi connectivity index (χ3v) is 8.33. The van der Waals surface area contributed by atoms with Gasteiger partial charge in [-0.25, -0.2) is 0 Å². The van der Waals surface area contributed by atoms with Crippen LogP contribution in [0.15, 0.2) is 48.7 Å². The van der Waals surface area contributed by atoms with Crippen molar-refractivity contribution in [3.8, 4) is 5.75 Å². The van der Waals surface area contributed by atoms with Crippen molar-refractivity contribution in [3.05, 3.63) is 65.4 Å². The van der Waals surface area contributed by atoms with Crippen LogP contribution in [0.3, 0.4) is 0 Å². The molecule has 0 aliphatic carbocycles. The number of hydrogen-bond acceptors (Lipinski definition) is 4. The van der Waals surface area contributed by atoms with E-state index in [9.17, 15) is 9.59 Å². The monoisotopic (exact) mass is 516 g/mol. The number of fused-ring (bicyclic) bond motifs is 1. The van der Waals surface area contributed by atoms with Crippen molar-refractivity contribution in [2.45, 2.75) is 64.0 Å². The molecule has 2 amide bonds. The number of nitrogens with one attached hydrogen (secondary N) is 2. The lowest BCUT2D eigenvalue weighted by molar-refractivity contribution is -0.132. The fraction of sp³-hybridized carbons (Fsp3) is 0.484. The molecule has 5 rings (SSSR count). The van der Waals surface area contributed by atoms with Gasteiger partial charge in [-0.2, -0.15) is 0 Å². The van der Waals surface area contributed by atoms with Gasteiger partial charge in [-0.3, -0.25) is 9.59 Å². The van der Waals surface area contributed by atoms with E-state index in [1.807, 2.05) is 23.1 Å². The Bertz CT molecular complexity index is 1250. The smallest absolute Gasteiger partial charge is 0.253 e. The average molecular weight is 517 g/mol. The van der Waals surface area contributed by atoms with Crippen molar-refractivity contribution in [3.63, 3.8) is 0 Å². The van der Waals surface area contributed by atoms with E-state index in [1.54, 1.807) is 13.3 Å². The molecule has 2 N–H and O–H groups in total. The van der Waals surface area contributed by atoms with Crippen LogP contribution < -0.4 is 10.1 Å². The van der Waals surface area contributed by atoms with E-state index >= 15 is 0 Å². The van der Waals surface area contributed by atoms with Crippen molar-refractivity contribution < 1.29 is 14.3 Å². The van der Waals surface area contributed by atoms with Crippen molar-refractivity contribution in [1.82, 2.24) is 20.1 Å². The molecule has 202 valence electrons. The standard InChI is InChI=1S/C31H40N4O3/c1-21(2)23-6-4-22(5-7-23)18-30(36)35-16-12-25(13-17-35)34-14-10-24(11-15-34)33-31(37)28-20-32-29-9-8-26(38-3)19-27(28)29/h4-9,19-21,24-25,32H,10-18H2,1-3H3,(H,33,37). The first-order chi connectivity index (χ1) is 18.4. The lowest BCUT2D eigenvalue weighted by Gasteiger charge is -2.42. The molecular formula is C31H40N4O3. The second-order valence-corrected chi connectivity index (χ2v) is 11.1. The molecule has 0 atom stereocenters. The molecule has 7 nitrogen and oxygen atoms in total. The highest BCUT2D eigenvalue weighted by Gasteiger charge is 2.30. The SMILES string of the molecule is COc1ccc2[nH]cc(C(=O)NC3CCN(C4CCN(C(=O)Cc5ccc(C(C)C)cc5)CC4)CC3)c2c1. The Morgan fingerprint density at radius 3 is 2.37 bits per heavy atom. The van der Waals surface area contributed by atoms with Crippen LogP contribution in [0.2, 0.25) is 0 Å². The molecule has 7 heteroatoms. The number of piperidine rings is 2. The summed E-state index contributed by atoms with van der Waals surface area (Å²) >= 11 is 0. The maximum Gasteiger partial charge on any atom is 0.253 e. The first kappa shape index (κ1) is 26.3. The van der Waals surface area contributed by atoms with Gasteiger partial charge in [-0.1, -0.05) is 38.1 Å². The normalized spacial score (nSPS) is 17.7. The summed E-state index contributed by atoms with van der Waals surface area (Å²) in [6.45, 7) is 7.99. The van der Waals surface area contributed by atoms with E-state index in [0.717, 1.165) is 74.1 Å². The lowest BCUT2D eigenvalue weighted by Crippen LogP contribution is -2.51. The van der Waals surface area contributed by atoms with Gasteiger partial charge >= 0.3 is 0 Å². The fourth-order valence-corrected chi connectivity index (χ4v) is 5.87. The van der Waals surface area contributed by atoms with Crippen molar-refractivity contribution >= 4 is 22.7 Å². The number of aromatic amines is 1. The number of methoxy groups -OCH3 is 1. The molecule has 2 fully saturated rings. The number of rotatable bonds is 7. The number of benzene rings is 2. The molecule has 2 aliphatic rings. The Labute approximate surface area is 225 Å². The van der Waals surface area contributed by atoms with E-state index < -0.39 is 0 Å². The topological polar surface area (TPSA) is 77.7 Å². The molecule has 0 saturated carbocycles. The number of carbonyl (C=O) groups is 2. The number of nitrogens with zero attached hydrogens (tertiary/aromatic N) is 2. The minimum absolute atomic E-state index is 0.0337. The van der Waals surface area contributed by atoms with Crippen LogP contribution in [0.5, 0.6) is 5.75 Å². The summed E-state index contributed by atoms with van der Waals surface area (Å²) in [5.74, 6) is 1.45. The number of likely N-dealkylation sites (tertiary alicyclic amines) is 2. The van der Waals surface area contributed by atoms with Crippen LogP contribution in [0.1, 0.15) is 66.9 Å². The van der Waals surface area contributed by atoms with Crippen LogP contribution in [-0.2, 0) is 11.2 Å². The third kappa shape index (κ3) is 5.88. The molecule has 2 aromatic carbocycles. The largest absolute Gasteiger partial charge is 0.497 e. The van der Waals surface area contributed by atoms with Gasteiger partial charge in [0.2, 0.25) is 5.91 Å². The molecule has 0 radical (unpaired) electrons. The Morgan fingerprint density at radius 2 is 1.71 bits per heavy atom. The van der Waals surface area contributed by atoms with Gasteiger partial charge in [0.1, 0.15) is 5.75 Å². The minimum atomic E-state index is -0.0337. The molecule has 0 bridgehead atoms. The third-order valence-electron chi connectivity index (χ3n) is 8.33. The molecule has 0 unspecified atom stereocenters. The van der Waals surface area contributed by atoms with E-state index in [0.29, 0.717) is 23.9 Å². The summed E-state index contributed by atoms with van der Waals surface area (Å²) in [7, 11) is 1.63. The molecule has 2 aliphatic heterocycles. The van der Waals surface area contributed by atoms with Gasteiger partial charge in [-0.05, 0) is 60.9 Å². The maximum absolute atomic E-state index is 13.0. The summed E-state index contributed by atoms with van der Waals surface area (Å²) in [5, 5.41) is 4.13. The lowest BCUT2D eigenvalue weighted by atomic mass is 9.97. The van der Waals surface area contributed by atoms with Gasteiger partial charge in [-0.15, -0.1) is 0 Å². The Kier molecular flexibility index (Phi) is 8.03. The van der Waals surface area contributed by atoms with Crippen LogP contribution in [0.25, 0.3) is 10.9 Å². The number of H-pyrrole nitrogens is 1. The highest BCUT2D eigenvalue weighted by Crippen LogP contribution is 2.25. The maximum atomic E-state index is 13.0. The quantitative estimate of drug-likeness (QED) is 0.476. The van der Waals surface area contributed by atoms with Gasteiger partial charge in [0.15, 0.2) is 0 Å². The zero-order valence-corrected chi connectivity index (χ0v) is 22.8. The van der Waals surface area contributed by atoms with E-state index in [4.69, 9.17) is 4.74 Å². The number of ether oxygens (including phenoxy) is 1. The molecule has 2 saturated heterocycles. The summed E-state index contributed by atoms with van der Waals surface area (Å²) in [6.07, 6.45) is 6.20. The molecule has 3 aromatic rings. The zero-order chi connectivity index (χ0) is 26.6. The van der Waals surface area contributed by atoms with E-state index in [2.05, 4.69) is 53.3 Å². The van der Waals surface area contributed by atoms with Crippen LogP contribution >= 0.6 is 0 Å². The Hall–Kier alpha value is -3.32. The van der Waals surface area contributed by atoms with Gasteiger partial charge in [0.25, 0.3) is 5.91 Å². The van der Waals surface area contributed by atoms with Gasteiger partial charge < -0.3 is 24.8 Å². The predicted octanol–water partition coefficient (Wildman–Crippen LogP) is 4.73. The second-order valence-electron chi connectivity index (χ2n) is 11.1. The fourth-order valence-electron chi connectivity index (χ4n) is 5.87. The number of aromatic nitrogens is 1. The average Bonchev–Trinajstić information content (AvgIpc) is 3.37. The summed E-state index contributed by atoms with van der Waals surface area (Å²) in [6, 6.07) is 14.9. The summed E-state index contributed by atoms with van der Waals surface area (Å²) in [5.41, 5.74) is 4.00. The molecule has 1 aromatic heterocycles. The van der Waals surface area contributed by atoms with Crippen LogP contribution in [0.4, 0.5) is 0 Å². The Morgan fingerprint density at radius 1 is 1.00 bits per heavy atom. The minimum Gasteiger partial charge on any atom is -0.497 e. The number of hydrogen-bond donors (Lipinski definition) is 2. The van der Waals surface area contributed by atoms with E-state index in [1.165, 1.54) is 5.56 Å². The molecule has 3 heterocycles. The molecule has 38 heavy (non-hydrogen) atoms. The highest BCUT2D eigenvalue weighted by atomic mass is 16.5. The Balaban J connectivity index is 1.07. The summed E-state index contributed by atoms with van der Waals surface area (Å²) < 4.78 is 5.33. The van der Waals surface area contributed by atoms with Gasteiger partial charge in [0, 0.05) is 55.4 Å². The predicted molar refractivity (Wildman–Crippen MR) is 151 cm³/mol. The van der Waals surface area contributed by atoms with Crippen LogP contribution in [0, 0.1) is 0 Å². The first-order valence-electron chi connectivity index (χ1n) is 14.0. The van der Waals surface area contributed by atoms with Crippen molar-refractivity contribution in [2.75, 3.05) is 33.3 Å². The zero-order valence-electron chi connectivity index (χ0n) is 22.8. The van der Waals surface area contributed by atoms with Crippen molar-refractivity contribution in [2.24, 2.45) is 0 Å². The highest BCUT2D eigenvalue weighted by molar-refractivity contribution is 6.07. The van der Waals surface area contributed by atoms with Crippen molar-refractivity contribution in [1.29, 1.82) is 0 Å². The van der Waals surface area contributed by atoms with Gasteiger partial charge in [0.05, 0.1) is 19.1 Å². The number of amides is 2. The second kappa shape index (κ2) is 11.6. The molecular weight excluding hydrogens is 476 g/mol. The number of carbonyl (C=O) groups excluding carboxylic acids is 2. The van der Waals surface area contributed by atoms with Crippen LogP contribution in [-0.4, -0.2) is 72.0 Å². The summed E-state index contributed by atoms with van der Waals surface area (Å²) in [4.78, 5) is 33.7. The first-order valence-corrected chi connectivity index (χ1v) is 14.0. The molecule has 0 spiro atoms. The van der Waals surface area contributed by atoms with E-state index in [-0.39, 0.29) is 17.9 Å².